The summed E-state index contributed by atoms with van der Waals surface area (Å²) in [4.78, 5) is 4.89. The SMILES string of the molecule is Oc1ccc(NC(=NC2CCCC2)NC2CCCC2)cc1. The molecular formula is C17H25N3O. The van der Waals surface area contributed by atoms with Gasteiger partial charge in [-0.25, -0.2) is 4.99 Å². The van der Waals surface area contributed by atoms with Crippen LogP contribution in [0.5, 0.6) is 5.75 Å². The van der Waals surface area contributed by atoms with Gasteiger partial charge in [-0.15, -0.1) is 0 Å². The third-order valence-corrected chi connectivity index (χ3v) is 4.46. The lowest BCUT2D eigenvalue weighted by Crippen LogP contribution is -2.38. The summed E-state index contributed by atoms with van der Waals surface area (Å²) in [5, 5.41) is 16.3. The van der Waals surface area contributed by atoms with Crippen molar-refractivity contribution in [2.24, 2.45) is 4.99 Å². The van der Waals surface area contributed by atoms with E-state index in [2.05, 4.69) is 10.6 Å². The number of benzene rings is 1. The van der Waals surface area contributed by atoms with Crippen molar-refractivity contribution in [3.05, 3.63) is 24.3 Å². The van der Waals surface area contributed by atoms with Crippen LogP contribution in [-0.2, 0) is 0 Å². The number of phenolic OH excluding ortho intramolecular Hbond substituents is 1. The van der Waals surface area contributed by atoms with E-state index in [0.29, 0.717) is 17.8 Å². The summed E-state index contributed by atoms with van der Waals surface area (Å²) in [6.45, 7) is 0. The van der Waals surface area contributed by atoms with Crippen molar-refractivity contribution in [1.82, 2.24) is 5.32 Å². The van der Waals surface area contributed by atoms with Gasteiger partial charge in [0.1, 0.15) is 5.75 Å². The lowest BCUT2D eigenvalue weighted by Gasteiger charge is -2.19. The third-order valence-electron chi connectivity index (χ3n) is 4.46. The molecule has 0 atom stereocenters. The molecule has 4 heteroatoms. The highest BCUT2D eigenvalue weighted by molar-refractivity contribution is 5.94. The fraction of sp³-hybridized carbons (Fsp3) is 0.588. The highest BCUT2D eigenvalue weighted by Crippen LogP contribution is 2.22. The number of nitrogens with one attached hydrogen (secondary N) is 2. The predicted molar refractivity (Wildman–Crippen MR) is 86.8 cm³/mol. The topological polar surface area (TPSA) is 56.6 Å². The molecule has 3 rings (SSSR count). The molecule has 0 amide bonds. The smallest absolute Gasteiger partial charge is 0.196 e. The van der Waals surface area contributed by atoms with Gasteiger partial charge in [0.25, 0.3) is 0 Å². The quantitative estimate of drug-likeness (QED) is 0.452. The highest BCUT2D eigenvalue weighted by atomic mass is 16.3. The lowest BCUT2D eigenvalue weighted by molar-refractivity contribution is 0.475. The summed E-state index contributed by atoms with van der Waals surface area (Å²) in [7, 11) is 0. The van der Waals surface area contributed by atoms with E-state index in [1.165, 1.54) is 51.4 Å². The Balaban J connectivity index is 1.69. The van der Waals surface area contributed by atoms with Gasteiger partial charge >= 0.3 is 0 Å². The third kappa shape index (κ3) is 4.13. The Morgan fingerprint density at radius 1 is 0.952 bits per heavy atom. The first kappa shape index (κ1) is 14.2. The van der Waals surface area contributed by atoms with Gasteiger partial charge in [-0.05, 0) is 49.9 Å². The molecular weight excluding hydrogens is 262 g/mol. The second-order valence-corrected chi connectivity index (χ2v) is 6.21. The van der Waals surface area contributed by atoms with E-state index in [4.69, 9.17) is 4.99 Å². The average molecular weight is 287 g/mol. The fourth-order valence-corrected chi connectivity index (χ4v) is 3.27. The first-order chi connectivity index (χ1) is 10.3. The molecule has 0 unspecified atom stereocenters. The van der Waals surface area contributed by atoms with Crippen LogP contribution in [0.25, 0.3) is 0 Å². The summed E-state index contributed by atoms with van der Waals surface area (Å²) in [5.74, 6) is 1.19. The molecule has 114 valence electrons. The van der Waals surface area contributed by atoms with Crippen LogP contribution in [0.2, 0.25) is 0 Å². The molecule has 0 bridgehead atoms. The fourth-order valence-electron chi connectivity index (χ4n) is 3.27. The van der Waals surface area contributed by atoms with Crippen LogP contribution in [0, 0.1) is 0 Å². The minimum absolute atomic E-state index is 0.290. The maximum atomic E-state index is 9.38. The Bertz CT molecular complexity index is 471. The molecule has 2 fully saturated rings. The number of hydrogen-bond acceptors (Lipinski definition) is 2. The van der Waals surface area contributed by atoms with Crippen LogP contribution in [0.3, 0.4) is 0 Å². The zero-order chi connectivity index (χ0) is 14.5. The van der Waals surface area contributed by atoms with Crippen molar-refractivity contribution in [2.45, 2.75) is 63.5 Å². The minimum Gasteiger partial charge on any atom is -0.508 e. The maximum Gasteiger partial charge on any atom is 0.196 e. The molecule has 21 heavy (non-hydrogen) atoms. The number of aromatic hydroxyl groups is 1. The molecule has 2 saturated carbocycles. The number of guanidine groups is 1. The van der Waals surface area contributed by atoms with Crippen LogP contribution < -0.4 is 10.6 Å². The Kier molecular flexibility index (Phi) is 4.63. The van der Waals surface area contributed by atoms with E-state index in [1.54, 1.807) is 12.1 Å². The number of hydrogen-bond donors (Lipinski definition) is 3. The Labute approximate surface area is 126 Å². The largest absolute Gasteiger partial charge is 0.508 e. The number of nitrogens with zero attached hydrogens (tertiary/aromatic N) is 1. The van der Waals surface area contributed by atoms with Gasteiger partial charge in [-0.1, -0.05) is 25.7 Å². The van der Waals surface area contributed by atoms with E-state index in [1.807, 2.05) is 12.1 Å². The molecule has 0 radical (unpaired) electrons. The molecule has 1 aromatic carbocycles. The van der Waals surface area contributed by atoms with Crippen molar-refractivity contribution in [3.63, 3.8) is 0 Å². The van der Waals surface area contributed by atoms with Gasteiger partial charge in [0, 0.05) is 11.7 Å². The van der Waals surface area contributed by atoms with E-state index in [9.17, 15) is 5.11 Å². The molecule has 0 spiro atoms. The van der Waals surface area contributed by atoms with Gasteiger partial charge < -0.3 is 15.7 Å². The molecule has 2 aliphatic carbocycles. The van der Waals surface area contributed by atoms with Gasteiger partial charge in [0.05, 0.1) is 6.04 Å². The minimum atomic E-state index is 0.290. The molecule has 1 aromatic rings. The van der Waals surface area contributed by atoms with Crippen LogP contribution in [0.1, 0.15) is 51.4 Å². The van der Waals surface area contributed by atoms with E-state index in [0.717, 1.165) is 11.6 Å². The van der Waals surface area contributed by atoms with Crippen LogP contribution in [0.15, 0.2) is 29.3 Å². The van der Waals surface area contributed by atoms with Crippen LogP contribution >= 0.6 is 0 Å². The lowest BCUT2D eigenvalue weighted by atomic mass is 10.2. The highest BCUT2D eigenvalue weighted by Gasteiger charge is 2.19. The summed E-state index contributed by atoms with van der Waals surface area (Å²) < 4.78 is 0. The zero-order valence-corrected chi connectivity index (χ0v) is 12.5. The Hall–Kier alpha value is -1.71. The number of rotatable bonds is 3. The van der Waals surface area contributed by atoms with Gasteiger partial charge in [0.2, 0.25) is 0 Å². The van der Waals surface area contributed by atoms with Crippen LogP contribution in [-0.4, -0.2) is 23.1 Å². The maximum absolute atomic E-state index is 9.38. The molecule has 0 aliphatic heterocycles. The van der Waals surface area contributed by atoms with Crippen molar-refractivity contribution in [2.75, 3.05) is 5.32 Å². The number of anilines is 1. The second-order valence-electron chi connectivity index (χ2n) is 6.21. The van der Waals surface area contributed by atoms with Crippen molar-refractivity contribution in [3.8, 4) is 5.75 Å². The molecule has 0 saturated heterocycles. The number of phenols is 1. The molecule has 0 heterocycles. The summed E-state index contributed by atoms with van der Waals surface area (Å²) in [5.41, 5.74) is 0.968. The monoisotopic (exact) mass is 287 g/mol. The molecule has 2 aliphatic rings. The standard InChI is InChI=1S/C17H25N3O/c21-16-11-9-15(10-12-16)20-17(18-13-5-1-2-6-13)19-14-7-3-4-8-14/h9-14,21H,1-8H2,(H2,18,19,20). The summed E-state index contributed by atoms with van der Waals surface area (Å²) >= 11 is 0. The first-order valence-corrected chi connectivity index (χ1v) is 8.20. The average Bonchev–Trinajstić information content (AvgIpc) is 3.15. The zero-order valence-electron chi connectivity index (χ0n) is 12.5. The van der Waals surface area contributed by atoms with Crippen molar-refractivity contribution >= 4 is 11.6 Å². The molecule has 0 aromatic heterocycles. The summed E-state index contributed by atoms with van der Waals surface area (Å²) in [6, 6.07) is 8.18. The van der Waals surface area contributed by atoms with Gasteiger partial charge in [0.15, 0.2) is 5.96 Å². The van der Waals surface area contributed by atoms with Gasteiger partial charge in [-0.3, -0.25) is 0 Å². The van der Waals surface area contributed by atoms with Crippen molar-refractivity contribution < 1.29 is 5.11 Å². The summed E-state index contributed by atoms with van der Waals surface area (Å²) in [6.07, 6.45) is 10.1. The van der Waals surface area contributed by atoms with E-state index >= 15 is 0 Å². The molecule has 4 nitrogen and oxygen atoms in total. The first-order valence-electron chi connectivity index (χ1n) is 8.20. The van der Waals surface area contributed by atoms with E-state index < -0.39 is 0 Å². The van der Waals surface area contributed by atoms with E-state index in [-0.39, 0.29) is 0 Å². The number of aliphatic imine (C=N–C) groups is 1. The Morgan fingerprint density at radius 2 is 1.57 bits per heavy atom. The van der Waals surface area contributed by atoms with Gasteiger partial charge in [-0.2, -0.15) is 0 Å². The predicted octanol–water partition coefficient (Wildman–Crippen LogP) is 3.63. The van der Waals surface area contributed by atoms with Crippen LogP contribution in [0.4, 0.5) is 5.69 Å². The molecule has 3 N–H and O–H groups in total. The Morgan fingerprint density at radius 3 is 2.24 bits per heavy atom. The van der Waals surface area contributed by atoms with Crippen molar-refractivity contribution in [1.29, 1.82) is 0 Å². The normalized spacial score (nSPS) is 20.9. The second kappa shape index (κ2) is 6.83.